The van der Waals surface area contributed by atoms with Crippen LogP contribution in [-0.2, 0) is 4.79 Å². The number of ether oxygens (including phenoxy) is 1. The maximum atomic E-state index is 12.8. The van der Waals surface area contributed by atoms with Gasteiger partial charge in [-0.05, 0) is 50.7 Å². The minimum Gasteiger partial charge on any atom is -0.495 e. The Morgan fingerprint density at radius 2 is 1.96 bits per heavy atom. The second-order valence-electron chi connectivity index (χ2n) is 8.18. The van der Waals surface area contributed by atoms with Crippen molar-refractivity contribution in [2.45, 2.75) is 44.7 Å². The predicted molar refractivity (Wildman–Crippen MR) is 111 cm³/mol. The Morgan fingerprint density at radius 3 is 2.68 bits per heavy atom. The van der Waals surface area contributed by atoms with Crippen molar-refractivity contribution >= 4 is 33.5 Å². The fourth-order valence-electron chi connectivity index (χ4n) is 4.23. The smallest absolute Gasteiger partial charge is 0.238 e. The molecule has 1 aromatic heterocycles. The maximum Gasteiger partial charge on any atom is 0.238 e. The van der Waals surface area contributed by atoms with Gasteiger partial charge >= 0.3 is 0 Å². The Bertz CT molecular complexity index is 1030. The van der Waals surface area contributed by atoms with Crippen LogP contribution in [0.4, 0.5) is 5.69 Å². The lowest BCUT2D eigenvalue weighted by molar-refractivity contribution is -0.118. The van der Waals surface area contributed by atoms with Crippen molar-refractivity contribution in [1.82, 2.24) is 4.90 Å². The monoisotopic (exact) mass is 378 g/mol. The molecule has 0 saturated heterocycles. The van der Waals surface area contributed by atoms with Crippen LogP contribution >= 0.6 is 0 Å². The number of para-hydroxylation sites is 1. The standard InChI is InChI=1S/C23H26N2O3/c1-14(15-7-8-15)25(16-9-10-16)13-23(26)24-19-12-21-18(11-22(19)27-2)17-5-3-4-6-20(17)28-21/h3-6,11-12,14-16H,7-10,13H2,1-2H3,(H,24,26). The van der Waals surface area contributed by atoms with Crippen LogP contribution in [0.1, 0.15) is 32.6 Å². The largest absolute Gasteiger partial charge is 0.495 e. The average Bonchev–Trinajstić information content (AvgIpc) is 3.60. The third-order valence-electron chi connectivity index (χ3n) is 6.14. The molecule has 0 spiro atoms. The lowest BCUT2D eigenvalue weighted by Crippen LogP contribution is -2.42. The third kappa shape index (κ3) is 3.24. The summed E-state index contributed by atoms with van der Waals surface area (Å²) in [5.41, 5.74) is 2.25. The van der Waals surface area contributed by atoms with Crippen LogP contribution in [0.5, 0.6) is 5.75 Å². The minimum absolute atomic E-state index is 0.00756. The summed E-state index contributed by atoms with van der Waals surface area (Å²) >= 11 is 0. The fourth-order valence-corrected chi connectivity index (χ4v) is 4.23. The first-order valence-electron chi connectivity index (χ1n) is 10.2. The van der Waals surface area contributed by atoms with Gasteiger partial charge in [0.2, 0.25) is 5.91 Å². The van der Waals surface area contributed by atoms with Crippen molar-refractivity contribution in [3.05, 3.63) is 36.4 Å². The highest BCUT2D eigenvalue weighted by atomic mass is 16.5. The zero-order valence-electron chi connectivity index (χ0n) is 16.4. The molecule has 1 heterocycles. The zero-order valence-corrected chi connectivity index (χ0v) is 16.4. The number of amides is 1. The molecule has 0 aliphatic heterocycles. The lowest BCUT2D eigenvalue weighted by Gasteiger charge is -2.28. The molecule has 2 saturated carbocycles. The van der Waals surface area contributed by atoms with E-state index in [-0.39, 0.29) is 5.91 Å². The van der Waals surface area contributed by atoms with Crippen molar-refractivity contribution in [1.29, 1.82) is 0 Å². The molecule has 1 atom stereocenters. The molecule has 1 amide bonds. The highest BCUT2D eigenvalue weighted by Gasteiger charge is 2.39. The molecule has 5 nitrogen and oxygen atoms in total. The number of carbonyl (C=O) groups excluding carboxylic acids is 1. The fraction of sp³-hybridized carbons (Fsp3) is 0.435. The van der Waals surface area contributed by atoms with Gasteiger partial charge in [0.05, 0.1) is 19.3 Å². The summed E-state index contributed by atoms with van der Waals surface area (Å²) in [5.74, 6) is 1.42. The Kier molecular flexibility index (Phi) is 4.27. The van der Waals surface area contributed by atoms with Crippen LogP contribution in [-0.4, -0.2) is 36.5 Å². The van der Waals surface area contributed by atoms with E-state index in [2.05, 4.69) is 17.1 Å². The van der Waals surface area contributed by atoms with Gasteiger partial charge in [-0.2, -0.15) is 0 Å². The van der Waals surface area contributed by atoms with E-state index in [1.165, 1.54) is 25.7 Å². The van der Waals surface area contributed by atoms with Crippen molar-refractivity contribution in [3.63, 3.8) is 0 Å². The van der Waals surface area contributed by atoms with Crippen LogP contribution in [0.15, 0.2) is 40.8 Å². The first-order chi connectivity index (χ1) is 13.6. The number of methoxy groups -OCH3 is 1. The van der Waals surface area contributed by atoms with Crippen LogP contribution in [0, 0.1) is 5.92 Å². The average molecular weight is 378 g/mol. The molecular weight excluding hydrogens is 352 g/mol. The number of hydrogen-bond acceptors (Lipinski definition) is 4. The number of benzene rings is 2. The number of carbonyl (C=O) groups is 1. The molecule has 2 aromatic carbocycles. The van der Waals surface area contributed by atoms with Gasteiger partial charge in [0.15, 0.2) is 0 Å². The van der Waals surface area contributed by atoms with Gasteiger partial charge in [0.1, 0.15) is 16.9 Å². The quantitative estimate of drug-likeness (QED) is 0.642. The van der Waals surface area contributed by atoms with Crippen LogP contribution in [0.2, 0.25) is 0 Å². The SMILES string of the molecule is COc1cc2c(cc1NC(=O)CN(C1CC1)C(C)C1CC1)oc1ccccc12. The molecule has 5 rings (SSSR count). The van der Waals surface area contributed by atoms with Crippen LogP contribution in [0.25, 0.3) is 21.9 Å². The summed E-state index contributed by atoms with van der Waals surface area (Å²) < 4.78 is 11.5. The molecule has 146 valence electrons. The zero-order chi connectivity index (χ0) is 19.3. The van der Waals surface area contributed by atoms with E-state index in [4.69, 9.17) is 9.15 Å². The summed E-state index contributed by atoms with van der Waals surface area (Å²) in [6.07, 6.45) is 5.00. The first kappa shape index (κ1) is 17.6. The Balaban J connectivity index is 1.40. The van der Waals surface area contributed by atoms with Gasteiger partial charge in [-0.15, -0.1) is 0 Å². The number of rotatable bonds is 7. The molecule has 0 radical (unpaired) electrons. The number of furan rings is 1. The number of anilines is 1. The van der Waals surface area contributed by atoms with Gasteiger partial charge in [0.25, 0.3) is 0 Å². The number of nitrogens with one attached hydrogen (secondary N) is 1. The highest BCUT2D eigenvalue weighted by Crippen LogP contribution is 2.40. The molecular formula is C23H26N2O3. The van der Waals surface area contributed by atoms with Gasteiger partial charge in [-0.3, -0.25) is 9.69 Å². The molecule has 1 N–H and O–H groups in total. The normalized spacial score (nSPS) is 18.0. The van der Waals surface area contributed by atoms with Crippen molar-refractivity contribution in [2.75, 3.05) is 19.0 Å². The molecule has 28 heavy (non-hydrogen) atoms. The van der Waals surface area contributed by atoms with Gasteiger partial charge in [0, 0.05) is 28.9 Å². The Labute approximate surface area is 164 Å². The van der Waals surface area contributed by atoms with E-state index in [1.54, 1.807) is 7.11 Å². The summed E-state index contributed by atoms with van der Waals surface area (Å²) in [5, 5.41) is 5.10. The number of fused-ring (bicyclic) bond motifs is 3. The van der Waals surface area contributed by atoms with Crippen LogP contribution in [0.3, 0.4) is 0 Å². The number of hydrogen-bond donors (Lipinski definition) is 1. The van der Waals surface area contributed by atoms with E-state index in [0.717, 1.165) is 27.9 Å². The maximum absolute atomic E-state index is 12.8. The second kappa shape index (κ2) is 6.82. The van der Waals surface area contributed by atoms with Crippen LogP contribution < -0.4 is 10.1 Å². The molecule has 2 fully saturated rings. The van der Waals surface area contributed by atoms with Crippen molar-refractivity contribution < 1.29 is 13.9 Å². The van der Waals surface area contributed by atoms with E-state index in [0.29, 0.717) is 30.1 Å². The predicted octanol–water partition coefficient (Wildman–Crippen LogP) is 4.80. The molecule has 3 aromatic rings. The van der Waals surface area contributed by atoms with Gasteiger partial charge in [-0.25, -0.2) is 0 Å². The number of nitrogens with zero attached hydrogens (tertiary/aromatic N) is 1. The van der Waals surface area contributed by atoms with Crippen molar-refractivity contribution in [3.8, 4) is 5.75 Å². The molecule has 0 bridgehead atoms. The van der Waals surface area contributed by atoms with Gasteiger partial charge in [-0.1, -0.05) is 18.2 Å². The lowest BCUT2D eigenvalue weighted by atomic mass is 10.1. The second-order valence-corrected chi connectivity index (χ2v) is 8.18. The van der Waals surface area contributed by atoms with E-state index >= 15 is 0 Å². The van der Waals surface area contributed by atoms with E-state index in [1.807, 2.05) is 36.4 Å². The van der Waals surface area contributed by atoms with Crippen molar-refractivity contribution in [2.24, 2.45) is 5.92 Å². The Morgan fingerprint density at radius 1 is 1.18 bits per heavy atom. The first-order valence-corrected chi connectivity index (χ1v) is 10.2. The minimum atomic E-state index is 0.00756. The van der Waals surface area contributed by atoms with E-state index < -0.39 is 0 Å². The Hall–Kier alpha value is -2.53. The summed E-state index contributed by atoms with van der Waals surface area (Å²) in [6.45, 7) is 2.70. The summed E-state index contributed by atoms with van der Waals surface area (Å²) in [6, 6.07) is 12.8. The molecule has 2 aliphatic rings. The third-order valence-corrected chi connectivity index (χ3v) is 6.14. The molecule has 1 unspecified atom stereocenters. The topological polar surface area (TPSA) is 54.7 Å². The highest BCUT2D eigenvalue weighted by molar-refractivity contribution is 6.07. The summed E-state index contributed by atoms with van der Waals surface area (Å²) in [4.78, 5) is 15.2. The summed E-state index contributed by atoms with van der Waals surface area (Å²) in [7, 11) is 1.63. The molecule has 2 aliphatic carbocycles. The molecule has 5 heteroatoms. The van der Waals surface area contributed by atoms with E-state index in [9.17, 15) is 4.79 Å². The van der Waals surface area contributed by atoms with Gasteiger partial charge < -0.3 is 14.5 Å².